The average Bonchev–Trinajstić information content (AvgIpc) is 3.21. The van der Waals surface area contributed by atoms with E-state index in [1.165, 1.54) is 7.11 Å². The lowest BCUT2D eigenvalue weighted by molar-refractivity contribution is -0.273. The number of hydrazine groups is 1. The molecule has 0 amide bonds. The summed E-state index contributed by atoms with van der Waals surface area (Å²) in [6, 6.07) is 11.4. The number of alkyl halides is 3. The minimum atomic E-state index is -4.69. The number of nitrogens with zero attached hydrogens (tertiary/aromatic N) is 3. The van der Waals surface area contributed by atoms with Crippen molar-refractivity contribution in [2.24, 2.45) is 11.8 Å². The van der Waals surface area contributed by atoms with E-state index in [9.17, 15) is 23.1 Å². The van der Waals surface area contributed by atoms with Gasteiger partial charge in [-0.05, 0) is 62.6 Å². The van der Waals surface area contributed by atoms with E-state index in [0.717, 1.165) is 43.1 Å². The summed E-state index contributed by atoms with van der Waals surface area (Å²) in [5.41, 5.74) is 3.62. The molecule has 2 unspecified atom stereocenters. The highest BCUT2D eigenvalue weighted by Crippen LogP contribution is 2.50. The highest BCUT2D eigenvalue weighted by molar-refractivity contribution is 5.91. The third-order valence-corrected chi connectivity index (χ3v) is 8.04. The number of esters is 1. The molecule has 0 spiro atoms. The molecule has 7 nitrogen and oxygen atoms in total. The molecule has 10 heteroatoms. The van der Waals surface area contributed by atoms with Gasteiger partial charge in [-0.15, -0.1) is 0 Å². The lowest BCUT2D eigenvalue weighted by Gasteiger charge is -2.42. The van der Waals surface area contributed by atoms with Gasteiger partial charge >= 0.3 is 12.1 Å². The number of pyridine rings is 1. The predicted octanol–water partition coefficient (Wildman–Crippen LogP) is 4.90. The van der Waals surface area contributed by atoms with E-state index in [2.05, 4.69) is 10.4 Å². The molecule has 3 heterocycles. The van der Waals surface area contributed by atoms with Crippen molar-refractivity contribution in [3.63, 3.8) is 0 Å². The van der Waals surface area contributed by atoms with Gasteiger partial charge in [0.05, 0.1) is 18.8 Å². The van der Waals surface area contributed by atoms with Gasteiger partial charge in [-0.1, -0.05) is 24.6 Å². The number of aromatic nitrogens is 1. The Balaban J connectivity index is 1.54. The third kappa shape index (κ3) is 4.20. The number of hydrogen-bond acceptors (Lipinski definition) is 7. The highest BCUT2D eigenvalue weighted by atomic mass is 19.4. The maximum Gasteiger partial charge on any atom is 0.417 e. The van der Waals surface area contributed by atoms with Gasteiger partial charge in [0.25, 0.3) is 0 Å². The van der Waals surface area contributed by atoms with Crippen molar-refractivity contribution in [1.29, 1.82) is 0 Å². The Morgan fingerprint density at radius 1 is 1.14 bits per heavy atom. The van der Waals surface area contributed by atoms with E-state index in [1.54, 1.807) is 6.07 Å². The number of nitrogens with one attached hydrogen (secondary N) is 1. The Hall–Kier alpha value is -2.85. The number of carbonyl (C=O) groups is 1. The number of para-hydroxylation sites is 1. The SMILES string of the molecule is COC(=O)c1cc(N2CCC(C(C)(O)C(F)(F)F)CC2)c2c(n1)N(c1ccccc1)NC2C1CCC1. The molecule has 0 radical (unpaired) electrons. The van der Waals surface area contributed by atoms with Crippen LogP contribution in [0.5, 0.6) is 0 Å². The number of carbonyl (C=O) groups excluding carboxylic acids is 1. The molecule has 1 aliphatic carbocycles. The summed E-state index contributed by atoms with van der Waals surface area (Å²) in [4.78, 5) is 19.3. The first-order valence-electron chi connectivity index (χ1n) is 12.4. The number of hydrogen-bond donors (Lipinski definition) is 2. The Kier molecular flexibility index (Phi) is 6.36. The van der Waals surface area contributed by atoms with Crippen molar-refractivity contribution in [1.82, 2.24) is 10.4 Å². The van der Waals surface area contributed by atoms with Gasteiger partial charge in [0, 0.05) is 24.3 Å². The molecule has 0 bridgehead atoms. The van der Waals surface area contributed by atoms with Crippen molar-refractivity contribution in [3.05, 3.63) is 47.7 Å². The van der Waals surface area contributed by atoms with Gasteiger partial charge in [-0.3, -0.25) is 5.01 Å². The Labute approximate surface area is 208 Å². The summed E-state index contributed by atoms with van der Waals surface area (Å²) in [5.74, 6) is -0.468. The van der Waals surface area contributed by atoms with Gasteiger partial charge in [-0.25, -0.2) is 15.2 Å². The maximum atomic E-state index is 13.5. The lowest BCUT2D eigenvalue weighted by Crippen LogP contribution is -2.52. The van der Waals surface area contributed by atoms with Crippen LogP contribution in [-0.4, -0.2) is 48.0 Å². The number of piperidine rings is 1. The van der Waals surface area contributed by atoms with Gasteiger partial charge in [-0.2, -0.15) is 13.2 Å². The smallest absolute Gasteiger partial charge is 0.417 e. The van der Waals surface area contributed by atoms with E-state index in [4.69, 9.17) is 4.74 Å². The van der Waals surface area contributed by atoms with Gasteiger partial charge in [0.1, 0.15) is 0 Å². The minimum Gasteiger partial charge on any atom is -0.464 e. The van der Waals surface area contributed by atoms with Gasteiger partial charge < -0.3 is 14.7 Å². The number of benzene rings is 1. The summed E-state index contributed by atoms with van der Waals surface area (Å²) in [6.45, 7) is 1.52. The van der Waals surface area contributed by atoms with E-state index >= 15 is 0 Å². The summed E-state index contributed by atoms with van der Waals surface area (Å²) in [6.07, 6.45) is -1.05. The summed E-state index contributed by atoms with van der Waals surface area (Å²) >= 11 is 0. The van der Waals surface area contributed by atoms with Crippen LogP contribution in [0, 0.1) is 11.8 Å². The zero-order valence-electron chi connectivity index (χ0n) is 20.4. The van der Waals surface area contributed by atoms with Crippen molar-refractivity contribution in [3.8, 4) is 0 Å². The lowest BCUT2D eigenvalue weighted by atomic mass is 9.77. The van der Waals surface area contributed by atoms with Crippen LogP contribution >= 0.6 is 0 Å². The molecule has 1 saturated carbocycles. The fraction of sp³-hybridized carbons (Fsp3) is 0.538. The normalized spacial score (nSPS) is 22.7. The largest absolute Gasteiger partial charge is 0.464 e. The van der Waals surface area contributed by atoms with Crippen LogP contribution in [0.3, 0.4) is 0 Å². The standard InChI is InChI=1S/C26H31F3N4O3/c1-25(35,26(27,28)29)17-11-13-32(14-12-17)20-15-19(24(34)36-2)30-23-21(20)22(16-7-6-8-16)31-33(23)18-9-4-3-5-10-18/h3-5,9-10,15-17,22,31,35H,6-8,11-14H2,1-2H3. The van der Waals surface area contributed by atoms with Crippen LogP contribution in [0.15, 0.2) is 36.4 Å². The van der Waals surface area contributed by atoms with E-state index < -0.39 is 23.7 Å². The fourth-order valence-corrected chi connectivity index (χ4v) is 5.53. The number of rotatable bonds is 5. The quantitative estimate of drug-likeness (QED) is 0.561. The zero-order valence-corrected chi connectivity index (χ0v) is 20.4. The molecular formula is C26H31F3N4O3. The maximum absolute atomic E-state index is 13.5. The second-order valence-electron chi connectivity index (χ2n) is 10.1. The average molecular weight is 505 g/mol. The Morgan fingerprint density at radius 3 is 2.36 bits per heavy atom. The predicted molar refractivity (Wildman–Crippen MR) is 129 cm³/mol. The summed E-state index contributed by atoms with van der Waals surface area (Å²) < 4.78 is 45.3. The molecule has 2 aliphatic heterocycles. The van der Waals surface area contributed by atoms with Crippen LogP contribution in [0.4, 0.5) is 30.4 Å². The minimum absolute atomic E-state index is 0.0286. The Morgan fingerprint density at radius 2 is 1.81 bits per heavy atom. The monoisotopic (exact) mass is 504 g/mol. The zero-order chi connectivity index (χ0) is 25.7. The van der Waals surface area contributed by atoms with Crippen LogP contribution < -0.4 is 15.3 Å². The van der Waals surface area contributed by atoms with Crippen molar-refractivity contribution in [2.75, 3.05) is 30.1 Å². The first kappa shape index (κ1) is 24.8. The van der Waals surface area contributed by atoms with Crippen LogP contribution in [0.2, 0.25) is 0 Å². The van der Waals surface area contributed by atoms with Gasteiger partial charge in [0.15, 0.2) is 17.1 Å². The molecule has 194 valence electrons. The number of methoxy groups -OCH3 is 1. The molecule has 3 aliphatic rings. The van der Waals surface area contributed by atoms with E-state index in [-0.39, 0.29) is 24.6 Å². The van der Waals surface area contributed by atoms with Crippen molar-refractivity contribution >= 4 is 23.2 Å². The molecule has 1 aromatic heterocycles. The van der Waals surface area contributed by atoms with E-state index in [0.29, 0.717) is 24.8 Å². The topological polar surface area (TPSA) is 77.9 Å². The fourth-order valence-electron chi connectivity index (χ4n) is 5.53. The molecule has 2 atom stereocenters. The first-order chi connectivity index (χ1) is 17.1. The first-order valence-corrected chi connectivity index (χ1v) is 12.4. The van der Waals surface area contributed by atoms with Crippen LogP contribution in [0.1, 0.15) is 61.1 Å². The molecule has 2 N–H and O–H groups in total. The van der Waals surface area contributed by atoms with Crippen molar-refractivity contribution < 1.29 is 27.8 Å². The Bertz CT molecular complexity index is 1110. The summed E-state index contributed by atoms with van der Waals surface area (Å²) in [7, 11) is 1.30. The van der Waals surface area contributed by atoms with Crippen molar-refractivity contribution in [2.45, 2.75) is 56.8 Å². The third-order valence-electron chi connectivity index (χ3n) is 8.04. The molecule has 1 saturated heterocycles. The number of ether oxygens (including phenoxy) is 1. The highest BCUT2D eigenvalue weighted by Gasteiger charge is 2.55. The molecule has 36 heavy (non-hydrogen) atoms. The number of aliphatic hydroxyl groups is 1. The summed E-state index contributed by atoms with van der Waals surface area (Å²) in [5, 5.41) is 12.1. The number of halogens is 3. The molecule has 1 aromatic carbocycles. The van der Waals surface area contributed by atoms with Crippen LogP contribution in [0.25, 0.3) is 0 Å². The molecular weight excluding hydrogens is 473 g/mol. The molecule has 2 fully saturated rings. The molecule has 5 rings (SSSR count). The van der Waals surface area contributed by atoms with E-state index in [1.807, 2.05) is 40.2 Å². The number of anilines is 3. The molecule has 2 aromatic rings. The second kappa shape index (κ2) is 9.23. The van der Waals surface area contributed by atoms with Crippen LogP contribution in [-0.2, 0) is 4.74 Å². The van der Waals surface area contributed by atoms with Gasteiger partial charge in [0.2, 0.25) is 0 Å². The number of fused-ring (bicyclic) bond motifs is 1. The second-order valence-corrected chi connectivity index (χ2v) is 10.1.